The highest BCUT2D eigenvalue weighted by Crippen LogP contribution is 2.38. The molecule has 0 fully saturated rings. The van der Waals surface area contributed by atoms with Crippen molar-refractivity contribution in [3.05, 3.63) is 28.8 Å². The van der Waals surface area contributed by atoms with Gasteiger partial charge in [-0.15, -0.1) is 11.3 Å². The second-order valence-electron chi connectivity index (χ2n) is 4.53. The number of nitrogens with two attached hydrogens (primary N) is 1. The van der Waals surface area contributed by atoms with E-state index in [1.54, 1.807) is 17.4 Å². The summed E-state index contributed by atoms with van der Waals surface area (Å²) >= 11 is 1.58. The molecule has 0 aliphatic heterocycles. The first-order valence-corrected chi connectivity index (χ1v) is 6.74. The van der Waals surface area contributed by atoms with Crippen LogP contribution in [0.3, 0.4) is 0 Å². The van der Waals surface area contributed by atoms with Crippen LogP contribution < -0.4 is 5.73 Å². The summed E-state index contributed by atoms with van der Waals surface area (Å²) in [6.45, 7) is 0. The van der Waals surface area contributed by atoms with Crippen molar-refractivity contribution in [3.8, 4) is 22.1 Å². The summed E-state index contributed by atoms with van der Waals surface area (Å²) in [6, 6.07) is 4.85. The fourth-order valence-electron chi connectivity index (χ4n) is 2.23. The van der Waals surface area contributed by atoms with Gasteiger partial charge in [0.2, 0.25) is 0 Å². The maximum atomic E-state index is 9.52. The molecule has 18 heavy (non-hydrogen) atoms. The fraction of sp³-hybridized carbons (Fsp3) is 0.308. The number of fused-ring (bicyclic) bond motifs is 1. The topological polar surface area (TPSA) is 79.4 Å². The van der Waals surface area contributed by atoms with E-state index in [-0.39, 0.29) is 17.5 Å². The Kier molecular flexibility index (Phi) is 2.72. The summed E-state index contributed by atoms with van der Waals surface area (Å²) in [7, 11) is 0. The van der Waals surface area contributed by atoms with Gasteiger partial charge in [0, 0.05) is 16.5 Å². The Morgan fingerprint density at radius 3 is 2.83 bits per heavy atom. The molecule has 1 unspecified atom stereocenters. The normalized spacial score (nSPS) is 18.6. The molecule has 0 amide bonds. The Balaban J connectivity index is 2.04. The molecule has 4 N–H and O–H groups in total. The summed E-state index contributed by atoms with van der Waals surface area (Å²) < 4.78 is 0. The highest BCUT2D eigenvalue weighted by Gasteiger charge is 2.22. The summed E-state index contributed by atoms with van der Waals surface area (Å²) in [5, 5.41) is 19.7. The number of benzene rings is 1. The van der Waals surface area contributed by atoms with E-state index in [1.165, 1.54) is 12.1 Å². The molecular weight excluding hydrogens is 248 g/mol. The minimum absolute atomic E-state index is 0.0886. The van der Waals surface area contributed by atoms with E-state index in [0.717, 1.165) is 40.4 Å². The Morgan fingerprint density at radius 1 is 1.28 bits per heavy atom. The van der Waals surface area contributed by atoms with E-state index < -0.39 is 0 Å². The molecule has 1 aromatic carbocycles. The first-order chi connectivity index (χ1) is 8.65. The molecule has 5 heteroatoms. The van der Waals surface area contributed by atoms with Gasteiger partial charge in [0.15, 0.2) is 11.5 Å². The van der Waals surface area contributed by atoms with Crippen molar-refractivity contribution in [3.63, 3.8) is 0 Å². The molecule has 1 heterocycles. The third kappa shape index (κ3) is 1.85. The minimum atomic E-state index is -0.120. The number of phenolic OH excluding ortho intramolecular Hbond substituents is 2. The number of thiazole rings is 1. The van der Waals surface area contributed by atoms with Crippen molar-refractivity contribution in [2.24, 2.45) is 5.73 Å². The van der Waals surface area contributed by atoms with E-state index >= 15 is 0 Å². The molecule has 1 aromatic heterocycles. The number of aromatic nitrogens is 1. The standard InChI is InChI=1S/C13H14N2O2S/c14-8-2-1-3-9-12(8)18-13(15-9)7-4-5-10(16)11(17)6-7/h4-6,8,16-17H,1-3,14H2. The lowest BCUT2D eigenvalue weighted by molar-refractivity contribution is 0.404. The molecule has 1 atom stereocenters. The molecule has 1 aliphatic carbocycles. The lowest BCUT2D eigenvalue weighted by Crippen LogP contribution is -2.15. The van der Waals surface area contributed by atoms with Gasteiger partial charge < -0.3 is 15.9 Å². The van der Waals surface area contributed by atoms with E-state index in [1.807, 2.05) is 0 Å². The van der Waals surface area contributed by atoms with Crippen LogP contribution in [0, 0.1) is 0 Å². The van der Waals surface area contributed by atoms with Crippen LogP contribution >= 0.6 is 11.3 Å². The molecule has 1 aliphatic rings. The molecule has 0 bridgehead atoms. The van der Waals surface area contributed by atoms with Crippen LogP contribution in [-0.4, -0.2) is 15.2 Å². The summed E-state index contributed by atoms with van der Waals surface area (Å²) in [5.41, 5.74) is 7.97. The van der Waals surface area contributed by atoms with Crippen molar-refractivity contribution >= 4 is 11.3 Å². The maximum Gasteiger partial charge on any atom is 0.158 e. The zero-order chi connectivity index (χ0) is 12.7. The largest absolute Gasteiger partial charge is 0.504 e. The van der Waals surface area contributed by atoms with Gasteiger partial charge >= 0.3 is 0 Å². The maximum absolute atomic E-state index is 9.52. The Labute approximate surface area is 109 Å². The van der Waals surface area contributed by atoms with Crippen LogP contribution in [0.2, 0.25) is 0 Å². The van der Waals surface area contributed by atoms with Gasteiger partial charge in [0.25, 0.3) is 0 Å². The van der Waals surface area contributed by atoms with E-state index in [0.29, 0.717) is 0 Å². The Hall–Kier alpha value is -1.59. The van der Waals surface area contributed by atoms with Crippen LogP contribution in [0.15, 0.2) is 18.2 Å². The first kappa shape index (κ1) is 11.5. The van der Waals surface area contributed by atoms with E-state index in [2.05, 4.69) is 4.98 Å². The second-order valence-corrected chi connectivity index (χ2v) is 5.56. The molecular formula is C13H14N2O2S. The van der Waals surface area contributed by atoms with Gasteiger partial charge in [0.1, 0.15) is 5.01 Å². The SMILES string of the molecule is NC1CCCc2nc(-c3ccc(O)c(O)c3)sc21. The molecule has 0 radical (unpaired) electrons. The predicted molar refractivity (Wildman–Crippen MR) is 70.7 cm³/mol. The molecule has 3 rings (SSSR count). The zero-order valence-corrected chi connectivity index (χ0v) is 10.6. The van der Waals surface area contributed by atoms with Gasteiger partial charge in [-0.2, -0.15) is 0 Å². The van der Waals surface area contributed by atoms with Crippen molar-refractivity contribution in [1.29, 1.82) is 0 Å². The smallest absolute Gasteiger partial charge is 0.158 e. The number of rotatable bonds is 1. The van der Waals surface area contributed by atoms with Gasteiger partial charge in [-0.25, -0.2) is 4.98 Å². The number of aryl methyl sites for hydroxylation is 1. The number of phenols is 2. The van der Waals surface area contributed by atoms with Crippen LogP contribution in [0.1, 0.15) is 29.5 Å². The summed E-state index contributed by atoms with van der Waals surface area (Å²) in [6.07, 6.45) is 3.07. The number of hydrogen-bond acceptors (Lipinski definition) is 5. The van der Waals surface area contributed by atoms with Gasteiger partial charge in [-0.1, -0.05) is 0 Å². The van der Waals surface area contributed by atoms with Crippen molar-refractivity contribution in [1.82, 2.24) is 4.98 Å². The number of nitrogens with zero attached hydrogens (tertiary/aromatic N) is 1. The lowest BCUT2D eigenvalue weighted by Gasteiger charge is -2.15. The lowest BCUT2D eigenvalue weighted by atomic mass is 9.99. The van der Waals surface area contributed by atoms with Crippen LogP contribution in [0.5, 0.6) is 11.5 Å². The van der Waals surface area contributed by atoms with Gasteiger partial charge in [-0.05, 0) is 37.5 Å². The fourth-order valence-corrected chi connectivity index (χ4v) is 3.38. The number of aromatic hydroxyl groups is 2. The second kappa shape index (κ2) is 4.26. The third-order valence-electron chi connectivity index (χ3n) is 3.22. The number of hydrogen-bond donors (Lipinski definition) is 3. The van der Waals surface area contributed by atoms with Gasteiger partial charge in [-0.3, -0.25) is 0 Å². The third-order valence-corrected chi connectivity index (χ3v) is 4.49. The first-order valence-electron chi connectivity index (χ1n) is 5.92. The molecule has 2 aromatic rings. The molecule has 0 saturated heterocycles. The average molecular weight is 262 g/mol. The molecule has 0 spiro atoms. The van der Waals surface area contributed by atoms with E-state index in [9.17, 15) is 10.2 Å². The predicted octanol–water partition coefficient (Wildman–Crippen LogP) is 2.56. The summed E-state index contributed by atoms with van der Waals surface area (Å²) in [4.78, 5) is 5.74. The van der Waals surface area contributed by atoms with Crippen molar-refractivity contribution in [2.45, 2.75) is 25.3 Å². The Bertz CT molecular complexity index is 595. The monoisotopic (exact) mass is 262 g/mol. The Morgan fingerprint density at radius 2 is 2.11 bits per heavy atom. The van der Waals surface area contributed by atoms with E-state index in [4.69, 9.17) is 5.73 Å². The van der Waals surface area contributed by atoms with Crippen molar-refractivity contribution < 1.29 is 10.2 Å². The van der Waals surface area contributed by atoms with Crippen LogP contribution in [-0.2, 0) is 6.42 Å². The quantitative estimate of drug-likeness (QED) is 0.690. The van der Waals surface area contributed by atoms with Crippen molar-refractivity contribution in [2.75, 3.05) is 0 Å². The minimum Gasteiger partial charge on any atom is -0.504 e. The molecule has 0 saturated carbocycles. The highest BCUT2D eigenvalue weighted by atomic mass is 32.1. The van der Waals surface area contributed by atoms with Crippen LogP contribution in [0.4, 0.5) is 0 Å². The zero-order valence-electron chi connectivity index (χ0n) is 9.76. The average Bonchev–Trinajstić information content (AvgIpc) is 2.78. The van der Waals surface area contributed by atoms with Gasteiger partial charge in [0.05, 0.1) is 5.69 Å². The molecule has 4 nitrogen and oxygen atoms in total. The highest BCUT2D eigenvalue weighted by molar-refractivity contribution is 7.15. The molecule has 94 valence electrons. The summed E-state index contributed by atoms with van der Waals surface area (Å²) in [5.74, 6) is -0.234. The van der Waals surface area contributed by atoms with Crippen LogP contribution in [0.25, 0.3) is 10.6 Å².